The third-order valence-electron chi connectivity index (χ3n) is 3.10. The summed E-state index contributed by atoms with van der Waals surface area (Å²) in [4.78, 5) is 0. The minimum absolute atomic E-state index is 0.173. The Labute approximate surface area is 126 Å². The maximum Gasteiger partial charge on any atom is 0.123 e. The van der Waals surface area contributed by atoms with Crippen molar-refractivity contribution in [3.8, 4) is 5.75 Å². The van der Waals surface area contributed by atoms with Crippen LogP contribution in [0, 0.1) is 5.82 Å². The second kappa shape index (κ2) is 7.79. The molecule has 0 aliphatic carbocycles. The van der Waals surface area contributed by atoms with Crippen molar-refractivity contribution in [2.75, 3.05) is 6.54 Å². The fourth-order valence-corrected chi connectivity index (χ4v) is 2.12. The molecule has 0 aromatic heterocycles. The molecule has 2 aromatic rings. The summed E-state index contributed by atoms with van der Waals surface area (Å²) in [6.45, 7) is 5.66. The molecule has 0 amide bonds. The molecule has 2 aromatic carbocycles. The molecular weight excluding hydrogens is 265 g/mol. The molecule has 0 spiro atoms. The molecule has 3 heteroatoms. The van der Waals surface area contributed by atoms with Gasteiger partial charge in [-0.05, 0) is 62.2 Å². The zero-order valence-corrected chi connectivity index (χ0v) is 12.6. The van der Waals surface area contributed by atoms with Gasteiger partial charge in [0.05, 0.1) is 6.10 Å². The highest BCUT2D eigenvalue weighted by Crippen LogP contribution is 2.13. The number of benzene rings is 2. The van der Waals surface area contributed by atoms with Gasteiger partial charge < -0.3 is 10.1 Å². The Morgan fingerprint density at radius 1 is 1.05 bits per heavy atom. The highest BCUT2D eigenvalue weighted by atomic mass is 19.1. The van der Waals surface area contributed by atoms with E-state index in [1.165, 1.54) is 11.6 Å². The van der Waals surface area contributed by atoms with E-state index in [4.69, 9.17) is 4.74 Å². The summed E-state index contributed by atoms with van der Waals surface area (Å²) < 4.78 is 18.6. The van der Waals surface area contributed by atoms with Crippen molar-refractivity contribution in [3.63, 3.8) is 0 Å². The van der Waals surface area contributed by atoms with Crippen molar-refractivity contribution in [2.45, 2.75) is 32.9 Å². The van der Waals surface area contributed by atoms with E-state index in [9.17, 15) is 4.39 Å². The van der Waals surface area contributed by atoms with Crippen LogP contribution in [0.3, 0.4) is 0 Å². The van der Waals surface area contributed by atoms with Crippen LogP contribution < -0.4 is 10.1 Å². The average Bonchev–Trinajstić information content (AvgIpc) is 2.45. The summed E-state index contributed by atoms with van der Waals surface area (Å²) in [5.41, 5.74) is 2.23. The highest BCUT2D eigenvalue weighted by molar-refractivity contribution is 5.27. The average molecular weight is 287 g/mol. The highest BCUT2D eigenvalue weighted by Gasteiger charge is 1.99. The van der Waals surface area contributed by atoms with Crippen molar-refractivity contribution < 1.29 is 9.13 Å². The van der Waals surface area contributed by atoms with Gasteiger partial charge in [-0.3, -0.25) is 0 Å². The summed E-state index contributed by atoms with van der Waals surface area (Å²) in [5.74, 6) is 0.724. The van der Waals surface area contributed by atoms with Crippen molar-refractivity contribution in [1.29, 1.82) is 0 Å². The van der Waals surface area contributed by atoms with Crippen LogP contribution in [0.4, 0.5) is 4.39 Å². The first-order chi connectivity index (χ1) is 10.1. The van der Waals surface area contributed by atoms with E-state index in [-0.39, 0.29) is 11.9 Å². The van der Waals surface area contributed by atoms with Crippen LogP contribution in [-0.2, 0) is 13.0 Å². The summed E-state index contributed by atoms with van der Waals surface area (Å²) in [5, 5.41) is 3.37. The maximum absolute atomic E-state index is 13.0. The van der Waals surface area contributed by atoms with E-state index in [0.717, 1.165) is 30.8 Å². The molecule has 1 N–H and O–H groups in total. The van der Waals surface area contributed by atoms with Crippen LogP contribution in [-0.4, -0.2) is 12.6 Å². The standard InChI is InChI=1S/C18H22FNO/c1-14(2)21-18-8-6-16(7-9-18)13-20-11-10-15-4-3-5-17(19)12-15/h3-9,12,14,20H,10-11,13H2,1-2H3. The topological polar surface area (TPSA) is 21.3 Å². The molecule has 112 valence electrons. The molecule has 0 saturated carbocycles. The number of halogens is 1. The van der Waals surface area contributed by atoms with Gasteiger partial charge in [0.2, 0.25) is 0 Å². The second-order valence-corrected chi connectivity index (χ2v) is 5.37. The van der Waals surface area contributed by atoms with E-state index in [2.05, 4.69) is 17.4 Å². The number of hydrogen-bond acceptors (Lipinski definition) is 2. The minimum atomic E-state index is -0.173. The lowest BCUT2D eigenvalue weighted by Crippen LogP contribution is -2.16. The zero-order valence-electron chi connectivity index (χ0n) is 12.6. The Kier molecular flexibility index (Phi) is 5.76. The van der Waals surface area contributed by atoms with Crippen LogP contribution in [0.25, 0.3) is 0 Å². The Morgan fingerprint density at radius 3 is 2.48 bits per heavy atom. The molecule has 0 bridgehead atoms. The quantitative estimate of drug-likeness (QED) is 0.779. The van der Waals surface area contributed by atoms with Crippen LogP contribution in [0.5, 0.6) is 5.75 Å². The van der Waals surface area contributed by atoms with Gasteiger partial charge in [-0.15, -0.1) is 0 Å². The molecule has 2 nitrogen and oxygen atoms in total. The van der Waals surface area contributed by atoms with Crippen LogP contribution in [0.2, 0.25) is 0 Å². The molecule has 0 aliphatic heterocycles. The minimum Gasteiger partial charge on any atom is -0.491 e. The monoisotopic (exact) mass is 287 g/mol. The molecule has 0 radical (unpaired) electrons. The largest absolute Gasteiger partial charge is 0.491 e. The smallest absolute Gasteiger partial charge is 0.123 e. The summed E-state index contributed by atoms with van der Waals surface area (Å²) in [6, 6.07) is 14.9. The zero-order chi connectivity index (χ0) is 15.1. The molecular formula is C18H22FNO. The van der Waals surface area contributed by atoms with Crippen molar-refractivity contribution in [2.24, 2.45) is 0 Å². The Balaban J connectivity index is 1.73. The fourth-order valence-electron chi connectivity index (χ4n) is 2.12. The van der Waals surface area contributed by atoms with E-state index in [1.807, 2.05) is 32.0 Å². The Morgan fingerprint density at radius 2 is 1.81 bits per heavy atom. The molecule has 0 saturated heterocycles. The molecule has 21 heavy (non-hydrogen) atoms. The SMILES string of the molecule is CC(C)Oc1ccc(CNCCc2cccc(F)c2)cc1. The van der Waals surface area contributed by atoms with Crippen LogP contribution >= 0.6 is 0 Å². The first-order valence-electron chi connectivity index (χ1n) is 7.34. The summed E-state index contributed by atoms with van der Waals surface area (Å²) >= 11 is 0. The van der Waals surface area contributed by atoms with Gasteiger partial charge >= 0.3 is 0 Å². The number of nitrogens with one attached hydrogen (secondary N) is 1. The lowest BCUT2D eigenvalue weighted by Gasteiger charge is -2.10. The van der Waals surface area contributed by atoms with Gasteiger partial charge in [-0.1, -0.05) is 24.3 Å². The normalized spacial score (nSPS) is 10.9. The van der Waals surface area contributed by atoms with E-state index >= 15 is 0 Å². The van der Waals surface area contributed by atoms with Gasteiger partial charge in [0.25, 0.3) is 0 Å². The fraction of sp³-hybridized carbons (Fsp3) is 0.333. The molecule has 2 rings (SSSR count). The lowest BCUT2D eigenvalue weighted by molar-refractivity contribution is 0.242. The van der Waals surface area contributed by atoms with E-state index < -0.39 is 0 Å². The molecule has 0 heterocycles. The van der Waals surface area contributed by atoms with Crippen LogP contribution in [0.15, 0.2) is 48.5 Å². The van der Waals surface area contributed by atoms with Crippen molar-refractivity contribution in [1.82, 2.24) is 5.32 Å². The van der Waals surface area contributed by atoms with Gasteiger partial charge in [-0.25, -0.2) is 4.39 Å². The van der Waals surface area contributed by atoms with Crippen molar-refractivity contribution in [3.05, 3.63) is 65.5 Å². The first kappa shape index (κ1) is 15.5. The number of ether oxygens (including phenoxy) is 1. The van der Waals surface area contributed by atoms with Gasteiger partial charge in [0.15, 0.2) is 0 Å². The second-order valence-electron chi connectivity index (χ2n) is 5.37. The van der Waals surface area contributed by atoms with Gasteiger partial charge in [0, 0.05) is 6.54 Å². The van der Waals surface area contributed by atoms with Crippen LogP contribution in [0.1, 0.15) is 25.0 Å². The predicted molar refractivity (Wildman–Crippen MR) is 84.0 cm³/mol. The molecule has 0 atom stereocenters. The summed E-state index contributed by atoms with van der Waals surface area (Å²) in [7, 11) is 0. The lowest BCUT2D eigenvalue weighted by atomic mass is 10.1. The first-order valence-corrected chi connectivity index (χ1v) is 7.34. The van der Waals surface area contributed by atoms with Gasteiger partial charge in [-0.2, -0.15) is 0 Å². The Bertz CT molecular complexity index is 551. The summed E-state index contributed by atoms with van der Waals surface area (Å²) in [6.07, 6.45) is 1.02. The third kappa shape index (κ3) is 5.56. The third-order valence-corrected chi connectivity index (χ3v) is 3.10. The number of rotatable bonds is 7. The van der Waals surface area contributed by atoms with E-state index in [0.29, 0.717) is 0 Å². The molecule has 0 aliphatic rings. The Hall–Kier alpha value is -1.87. The van der Waals surface area contributed by atoms with E-state index in [1.54, 1.807) is 12.1 Å². The number of hydrogen-bond donors (Lipinski definition) is 1. The maximum atomic E-state index is 13.0. The molecule has 0 unspecified atom stereocenters. The predicted octanol–water partition coefficient (Wildman–Crippen LogP) is 3.95. The molecule has 0 fully saturated rings. The van der Waals surface area contributed by atoms with Gasteiger partial charge in [0.1, 0.15) is 11.6 Å². The van der Waals surface area contributed by atoms with Crippen molar-refractivity contribution >= 4 is 0 Å².